The molecule has 0 radical (unpaired) electrons. The van der Waals surface area contributed by atoms with Crippen LogP contribution in [0.1, 0.15) is 252 Å². The molecule has 0 aliphatic rings. The Kier molecular flexibility index (Phi) is 19.4. The fourth-order valence-corrected chi connectivity index (χ4v) is 7.83. The highest BCUT2D eigenvalue weighted by molar-refractivity contribution is 5.75. The molecule has 0 fully saturated rings. The van der Waals surface area contributed by atoms with Gasteiger partial charge in [0.25, 0.3) is 0 Å². The Morgan fingerprint density at radius 1 is 0.537 bits per heavy atom. The van der Waals surface area contributed by atoms with Crippen LogP contribution in [0, 0.1) is 0 Å². The second-order valence-corrected chi connectivity index (χ2v) is 20.8. The monoisotopic (exact) mass is 747 g/mol. The second kappa shape index (κ2) is 21.9. The lowest BCUT2D eigenvalue weighted by atomic mass is 9.76. The zero-order valence-corrected chi connectivity index (χ0v) is 38.1. The Bertz CT molecular complexity index is 1330. The zero-order chi connectivity index (χ0) is 40.7. The Morgan fingerprint density at radius 3 is 1.22 bits per heavy atom. The number of esters is 1. The highest BCUT2D eigenvalue weighted by Gasteiger charge is 2.32. The standard InChI is InChI=1S/C51H86O3/c1-15-17-18-19-20-21-22-23-24-25-26-27-28-29-30-31-32-39(40-35-41(48(3,4)5)46(53)42(36-40)49(6,7)8)37-45(52)54-47-43(50(9,10)11)33-38(16-2)34-44(47)51(12,13)14/h33-36,39,53H,15-32,37H2,1-14H3. The van der Waals surface area contributed by atoms with Gasteiger partial charge in [-0.1, -0.05) is 224 Å². The van der Waals surface area contributed by atoms with E-state index in [-0.39, 0.29) is 33.5 Å². The van der Waals surface area contributed by atoms with Crippen molar-refractivity contribution in [3.05, 3.63) is 57.6 Å². The number of hydrogen-bond acceptors (Lipinski definition) is 3. The van der Waals surface area contributed by atoms with Gasteiger partial charge in [0, 0.05) is 11.1 Å². The number of hydrogen-bond donors (Lipinski definition) is 1. The van der Waals surface area contributed by atoms with Crippen LogP contribution >= 0.6 is 0 Å². The molecule has 2 rings (SSSR count). The van der Waals surface area contributed by atoms with Crippen LogP contribution in [0.5, 0.6) is 11.5 Å². The third-order valence-electron chi connectivity index (χ3n) is 11.4. The van der Waals surface area contributed by atoms with Crippen molar-refractivity contribution in [2.24, 2.45) is 0 Å². The van der Waals surface area contributed by atoms with Crippen molar-refractivity contribution in [2.75, 3.05) is 0 Å². The molecule has 2 aromatic carbocycles. The smallest absolute Gasteiger partial charge is 0.311 e. The molecule has 0 aliphatic carbocycles. The van der Waals surface area contributed by atoms with E-state index in [0.717, 1.165) is 52.8 Å². The van der Waals surface area contributed by atoms with Crippen LogP contribution < -0.4 is 4.74 Å². The summed E-state index contributed by atoms with van der Waals surface area (Å²) in [6.45, 7) is 30.8. The molecular formula is C51H86O3. The van der Waals surface area contributed by atoms with Crippen molar-refractivity contribution < 1.29 is 14.6 Å². The first kappa shape index (κ1) is 47.9. The molecular weight excluding hydrogens is 661 g/mol. The van der Waals surface area contributed by atoms with Crippen molar-refractivity contribution in [3.8, 4) is 11.5 Å². The SMILES string of the molecule is CCCCCCCCCCCCCCCCCCC(CC(=O)Oc1c(C(C)(C)C)cc(CC)cc1C(C)(C)C)c1cc(C(C)(C)C)c(O)c(C(C)(C)C)c1. The van der Waals surface area contributed by atoms with Crippen LogP contribution in [0.3, 0.4) is 0 Å². The van der Waals surface area contributed by atoms with Crippen LogP contribution in [-0.4, -0.2) is 11.1 Å². The van der Waals surface area contributed by atoms with Gasteiger partial charge in [0.15, 0.2) is 0 Å². The van der Waals surface area contributed by atoms with E-state index >= 15 is 0 Å². The molecule has 0 heterocycles. The van der Waals surface area contributed by atoms with E-state index in [1.165, 1.54) is 102 Å². The summed E-state index contributed by atoms with van der Waals surface area (Å²) in [5, 5.41) is 11.5. The fourth-order valence-electron chi connectivity index (χ4n) is 7.83. The first-order chi connectivity index (χ1) is 25.1. The highest BCUT2D eigenvalue weighted by Crippen LogP contribution is 2.44. The average molecular weight is 747 g/mol. The summed E-state index contributed by atoms with van der Waals surface area (Å²) in [4.78, 5) is 14.2. The summed E-state index contributed by atoms with van der Waals surface area (Å²) in [6, 6.07) is 8.87. The van der Waals surface area contributed by atoms with E-state index in [4.69, 9.17) is 4.74 Å². The maximum Gasteiger partial charge on any atom is 0.311 e. The summed E-state index contributed by atoms with van der Waals surface area (Å²) in [5.41, 5.74) is 5.72. The molecule has 3 heteroatoms. The first-order valence-corrected chi connectivity index (χ1v) is 22.4. The largest absolute Gasteiger partial charge is 0.507 e. The Balaban J connectivity index is 2.22. The molecule has 0 aliphatic heterocycles. The van der Waals surface area contributed by atoms with Crippen molar-refractivity contribution in [1.82, 2.24) is 0 Å². The number of aryl methyl sites for hydroxylation is 1. The number of phenols is 1. The normalized spacial score (nSPS) is 13.4. The number of carbonyl (C=O) groups is 1. The second-order valence-electron chi connectivity index (χ2n) is 20.8. The molecule has 0 saturated heterocycles. The van der Waals surface area contributed by atoms with E-state index in [2.05, 4.69) is 121 Å². The lowest BCUT2D eigenvalue weighted by Crippen LogP contribution is -2.23. The molecule has 0 saturated carbocycles. The number of carbonyl (C=O) groups excluding carboxylic acids is 1. The summed E-state index contributed by atoms with van der Waals surface area (Å²) in [5.74, 6) is 0.982. The Labute approximate surface area is 335 Å². The molecule has 1 atom stereocenters. The maximum atomic E-state index is 14.2. The molecule has 2 aromatic rings. The average Bonchev–Trinajstić information content (AvgIpc) is 3.05. The molecule has 3 nitrogen and oxygen atoms in total. The summed E-state index contributed by atoms with van der Waals surface area (Å²) >= 11 is 0. The first-order valence-electron chi connectivity index (χ1n) is 22.4. The predicted molar refractivity (Wildman–Crippen MR) is 236 cm³/mol. The number of benzene rings is 2. The van der Waals surface area contributed by atoms with Gasteiger partial charge in [0.05, 0.1) is 6.42 Å². The lowest BCUT2D eigenvalue weighted by molar-refractivity contribution is -0.135. The quantitative estimate of drug-likeness (QED) is 0.0741. The van der Waals surface area contributed by atoms with Gasteiger partial charge in [-0.15, -0.1) is 0 Å². The number of ether oxygens (including phenoxy) is 1. The van der Waals surface area contributed by atoms with Gasteiger partial charge in [-0.25, -0.2) is 0 Å². The molecule has 0 amide bonds. The summed E-state index contributed by atoms with van der Waals surface area (Å²) < 4.78 is 6.54. The topological polar surface area (TPSA) is 46.5 Å². The summed E-state index contributed by atoms with van der Waals surface area (Å²) in [7, 11) is 0. The molecule has 1 N–H and O–H groups in total. The zero-order valence-electron chi connectivity index (χ0n) is 38.1. The third-order valence-corrected chi connectivity index (χ3v) is 11.4. The van der Waals surface area contributed by atoms with E-state index in [1.807, 2.05) is 0 Å². The van der Waals surface area contributed by atoms with Gasteiger partial charge in [0.2, 0.25) is 0 Å². The minimum Gasteiger partial charge on any atom is -0.507 e. The summed E-state index contributed by atoms with van der Waals surface area (Å²) in [6.07, 6.45) is 23.7. The molecule has 0 spiro atoms. The fraction of sp³-hybridized carbons (Fsp3) is 0.745. The number of aromatic hydroxyl groups is 1. The lowest BCUT2D eigenvalue weighted by Gasteiger charge is -2.31. The van der Waals surface area contributed by atoms with Crippen molar-refractivity contribution in [1.29, 1.82) is 0 Å². The molecule has 308 valence electrons. The minimum atomic E-state index is -0.232. The molecule has 0 bridgehead atoms. The van der Waals surface area contributed by atoms with Gasteiger partial charge >= 0.3 is 5.97 Å². The van der Waals surface area contributed by atoms with Gasteiger partial charge in [-0.05, 0) is 62.7 Å². The Morgan fingerprint density at radius 2 is 0.889 bits per heavy atom. The van der Waals surface area contributed by atoms with E-state index in [9.17, 15) is 9.90 Å². The molecule has 0 aromatic heterocycles. The molecule has 1 unspecified atom stereocenters. The highest BCUT2D eigenvalue weighted by atomic mass is 16.5. The number of phenolic OH excluding ortho intramolecular Hbond substituents is 1. The van der Waals surface area contributed by atoms with Crippen molar-refractivity contribution in [3.63, 3.8) is 0 Å². The van der Waals surface area contributed by atoms with Crippen LogP contribution in [0.2, 0.25) is 0 Å². The van der Waals surface area contributed by atoms with Crippen LogP contribution in [0.4, 0.5) is 0 Å². The van der Waals surface area contributed by atoms with Gasteiger partial charge < -0.3 is 9.84 Å². The number of unbranched alkanes of at least 4 members (excludes halogenated alkanes) is 15. The predicted octanol–water partition coefficient (Wildman–Crippen LogP) is 15.9. The van der Waals surface area contributed by atoms with E-state index in [1.54, 1.807) is 0 Å². The van der Waals surface area contributed by atoms with Crippen LogP contribution in [0.15, 0.2) is 24.3 Å². The number of rotatable bonds is 22. The van der Waals surface area contributed by atoms with Crippen LogP contribution in [-0.2, 0) is 32.9 Å². The van der Waals surface area contributed by atoms with E-state index < -0.39 is 0 Å². The Hall–Kier alpha value is -2.29. The maximum absolute atomic E-state index is 14.2. The third kappa shape index (κ3) is 16.1. The molecule has 54 heavy (non-hydrogen) atoms. The minimum absolute atomic E-state index is 0.0121. The van der Waals surface area contributed by atoms with Gasteiger partial charge in [0.1, 0.15) is 11.5 Å². The van der Waals surface area contributed by atoms with Gasteiger partial charge in [-0.2, -0.15) is 0 Å². The van der Waals surface area contributed by atoms with Crippen molar-refractivity contribution in [2.45, 2.75) is 247 Å². The van der Waals surface area contributed by atoms with E-state index in [0.29, 0.717) is 12.2 Å². The van der Waals surface area contributed by atoms with Crippen molar-refractivity contribution >= 4 is 5.97 Å². The van der Waals surface area contributed by atoms with Crippen LogP contribution in [0.25, 0.3) is 0 Å². The van der Waals surface area contributed by atoms with Gasteiger partial charge in [-0.3, -0.25) is 4.79 Å².